The minimum absolute atomic E-state index is 0.0170. The molecule has 0 radical (unpaired) electrons. The van der Waals surface area contributed by atoms with Crippen molar-refractivity contribution in [2.24, 2.45) is 0 Å². The predicted octanol–water partition coefficient (Wildman–Crippen LogP) is 2.95. The summed E-state index contributed by atoms with van der Waals surface area (Å²) in [6.45, 7) is 2.12. The van der Waals surface area contributed by atoms with Gasteiger partial charge in [-0.2, -0.15) is 0 Å². The lowest BCUT2D eigenvalue weighted by molar-refractivity contribution is 0.101. The summed E-state index contributed by atoms with van der Waals surface area (Å²) in [6, 6.07) is 0. The second kappa shape index (κ2) is 5.64. The van der Waals surface area contributed by atoms with Gasteiger partial charge in [-0.3, -0.25) is 4.79 Å². The van der Waals surface area contributed by atoms with E-state index in [-0.39, 0.29) is 11.7 Å². The number of Topliss-reactive ketones (excluding diaryl/α,β-unsaturated/α-hetero) is 1. The zero-order valence-electron chi connectivity index (χ0n) is 9.12. The monoisotopic (exact) mass is 258 g/mol. The molecule has 0 spiro atoms. The van der Waals surface area contributed by atoms with Crippen LogP contribution in [0.3, 0.4) is 0 Å². The highest BCUT2D eigenvalue weighted by Crippen LogP contribution is 2.23. The molecule has 0 aromatic carbocycles. The van der Waals surface area contributed by atoms with E-state index in [9.17, 15) is 4.79 Å². The van der Waals surface area contributed by atoms with Crippen molar-refractivity contribution in [2.75, 3.05) is 23.9 Å². The molecule has 16 heavy (non-hydrogen) atoms. The second-order valence-electron chi connectivity index (χ2n) is 3.97. The Hall–Kier alpha value is -0.610. The third-order valence-corrected chi connectivity index (χ3v) is 3.92. The lowest BCUT2D eigenvalue weighted by atomic mass is 10.2. The Labute approximate surface area is 104 Å². The fourth-order valence-electron chi connectivity index (χ4n) is 1.87. The summed E-state index contributed by atoms with van der Waals surface area (Å²) in [5, 5.41) is 2.78. The molecule has 0 bridgehead atoms. The number of thiazole rings is 1. The van der Waals surface area contributed by atoms with Crippen LogP contribution in [0.4, 0.5) is 5.13 Å². The van der Waals surface area contributed by atoms with Crippen molar-refractivity contribution in [1.82, 2.24) is 4.98 Å². The van der Waals surface area contributed by atoms with Crippen molar-refractivity contribution in [3.8, 4) is 0 Å². The van der Waals surface area contributed by atoms with Gasteiger partial charge in [-0.1, -0.05) is 12.8 Å². The topological polar surface area (TPSA) is 33.2 Å². The molecule has 0 atom stereocenters. The van der Waals surface area contributed by atoms with E-state index < -0.39 is 0 Å². The van der Waals surface area contributed by atoms with Crippen molar-refractivity contribution >= 4 is 33.9 Å². The first-order chi connectivity index (χ1) is 7.81. The molecule has 0 unspecified atom stereocenters. The predicted molar refractivity (Wildman–Crippen MR) is 67.8 cm³/mol. The number of anilines is 1. The Balaban J connectivity index is 2.08. The van der Waals surface area contributed by atoms with Crippen molar-refractivity contribution < 1.29 is 4.79 Å². The molecule has 1 aliphatic heterocycles. The molecule has 2 rings (SSSR count). The first-order valence-corrected chi connectivity index (χ1v) is 7.02. The molecule has 0 N–H and O–H groups in total. The maximum absolute atomic E-state index is 11.4. The van der Waals surface area contributed by atoms with Crippen LogP contribution in [0.15, 0.2) is 5.38 Å². The summed E-state index contributed by atoms with van der Waals surface area (Å²) in [5.41, 5.74) is 0.513. The standard InChI is InChI=1S/C11H15ClN2OS/c12-7-10(15)9-8-16-11(13-9)14-5-3-1-2-4-6-14/h8H,1-7H2. The minimum Gasteiger partial charge on any atom is -0.348 e. The Morgan fingerprint density at radius 1 is 1.38 bits per heavy atom. The summed E-state index contributed by atoms with van der Waals surface area (Å²) in [7, 11) is 0. The lowest BCUT2D eigenvalue weighted by Gasteiger charge is -2.18. The molecule has 3 nitrogen and oxygen atoms in total. The van der Waals surface area contributed by atoms with Crippen LogP contribution >= 0.6 is 22.9 Å². The highest BCUT2D eigenvalue weighted by molar-refractivity contribution is 7.14. The molecule has 0 saturated carbocycles. The number of aromatic nitrogens is 1. The van der Waals surface area contributed by atoms with Gasteiger partial charge >= 0.3 is 0 Å². The second-order valence-corrected chi connectivity index (χ2v) is 5.08. The first kappa shape index (κ1) is 11.9. The van der Waals surface area contributed by atoms with Crippen LogP contribution in [-0.4, -0.2) is 29.7 Å². The fourth-order valence-corrected chi connectivity index (χ4v) is 2.89. The molecule has 5 heteroatoms. The number of hydrogen-bond acceptors (Lipinski definition) is 4. The smallest absolute Gasteiger partial charge is 0.196 e. The number of rotatable bonds is 3. The molecule has 1 aromatic heterocycles. The van der Waals surface area contributed by atoms with E-state index >= 15 is 0 Å². The first-order valence-electron chi connectivity index (χ1n) is 5.61. The van der Waals surface area contributed by atoms with Gasteiger partial charge in [0.05, 0.1) is 5.88 Å². The van der Waals surface area contributed by atoms with Crippen LogP contribution in [0.2, 0.25) is 0 Å². The molecular formula is C11H15ClN2OS. The van der Waals surface area contributed by atoms with Gasteiger partial charge in [0.25, 0.3) is 0 Å². The molecule has 1 aliphatic rings. The van der Waals surface area contributed by atoms with Crippen LogP contribution in [0, 0.1) is 0 Å². The number of hydrogen-bond donors (Lipinski definition) is 0. The zero-order chi connectivity index (χ0) is 11.4. The number of nitrogens with zero attached hydrogens (tertiary/aromatic N) is 2. The highest BCUT2D eigenvalue weighted by Gasteiger charge is 2.15. The van der Waals surface area contributed by atoms with E-state index in [1.54, 1.807) is 11.3 Å². The molecule has 1 saturated heterocycles. The average molecular weight is 259 g/mol. The van der Waals surface area contributed by atoms with Crippen LogP contribution in [0.1, 0.15) is 36.2 Å². The summed E-state index contributed by atoms with van der Waals surface area (Å²) >= 11 is 7.05. The summed E-state index contributed by atoms with van der Waals surface area (Å²) in [5.74, 6) is -0.0672. The summed E-state index contributed by atoms with van der Waals surface area (Å²) in [6.07, 6.45) is 5.04. The Kier molecular flexibility index (Phi) is 4.18. The number of ketones is 1. The zero-order valence-corrected chi connectivity index (χ0v) is 10.7. The third kappa shape index (κ3) is 2.74. The summed E-state index contributed by atoms with van der Waals surface area (Å²) in [4.78, 5) is 18.0. The average Bonchev–Trinajstić information content (AvgIpc) is 2.64. The molecule has 0 amide bonds. The van der Waals surface area contributed by atoms with E-state index in [2.05, 4.69) is 9.88 Å². The fraction of sp³-hybridized carbons (Fsp3) is 0.636. The van der Waals surface area contributed by atoms with Gasteiger partial charge in [0.2, 0.25) is 0 Å². The quantitative estimate of drug-likeness (QED) is 0.617. The van der Waals surface area contributed by atoms with Crippen molar-refractivity contribution in [2.45, 2.75) is 25.7 Å². The molecule has 1 aromatic rings. The highest BCUT2D eigenvalue weighted by atomic mass is 35.5. The van der Waals surface area contributed by atoms with E-state index in [1.807, 2.05) is 5.38 Å². The van der Waals surface area contributed by atoms with Gasteiger partial charge < -0.3 is 4.90 Å². The van der Waals surface area contributed by atoms with Crippen molar-refractivity contribution in [1.29, 1.82) is 0 Å². The van der Waals surface area contributed by atoms with E-state index in [4.69, 9.17) is 11.6 Å². The maximum atomic E-state index is 11.4. The van der Waals surface area contributed by atoms with Crippen LogP contribution in [0.5, 0.6) is 0 Å². The number of alkyl halides is 1. The third-order valence-electron chi connectivity index (χ3n) is 2.78. The SMILES string of the molecule is O=C(CCl)c1csc(N2CCCCCC2)n1. The minimum atomic E-state index is -0.0843. The van der Waals surface area contributed by atoms with Crippen LogP contribution in [-0.2, 0) is 0 Å². The van der Waals surface area contributed by atoms with Crippen molar-refractivity contribution in [3.05, 3.63) is 11.1 Å². The largest absolute Gasteiger partial charge is 0.348 e. The molecule has 1 fully saturated rings. The van der Waals surface area contributed by atoms with Gasteiger partial charge in [-0.05, 0) is 12.8 Å². The van der Waals surface area contributed by atoms with E-state index in [0.717, 1.165) is 18.2 Å². The Bertz CT molecular complexity index is 359. The summed E-state index contributed by atoms with van der Waals surface area (Å²) < 4.78 is 0. The van der Waals surface area contributed by atoms with Gasteiger partial charge in [-0.15, -0.1) is 22.9 Å². The lowest BCUT2D eigenvalue weighted by Crippen LogP contribution is -2.23. The van der Waals surface area contributed by atoms with Gasteiger partial charge in [0.15, 0.2) is 10.9 Å². The Morgan fingerprint density at radius 3 is 2.69 bits per heavy atom. The molecule has 0 aliphatic carbocycles. The van der Waals surface area contributed by atoms with Crippen LogP contribution < -0.4 is 4.90 Å². The maximum Gasteiger partial charge on any atom is 0.196 e. The van der Waals surface area contributed by atoms with E-state index in [0.29, 0.717) is 5.69 Å². The van der Waals surface area contributed by atoms with E-state index in [1.165, 1.54) is 25.7 Å². The number of halogens is 1. The normalized spacial score (nSPS) is 17.2. The molecule has 88 valence electrons. The molecular weight excluding hydrogens is 244 g/mol. The van der Waals surface area contributed by atoms with Gasteiger partial charge in [0.1, 0.15) is 5.69 Å². The van der Waals surface area contributed by atoms with Gasteiger partial charge in [0, 0.05) is 18.5 Å². The molecule has 2 heterocycles. The van der Waals surface area contributed by atoms with Gasteiger partial charge in [-0.25, -0.2) is 4.98 Å². The van der Waals surface area contributed by atoms with Crippen LogP contribution in [0.25, 0.3) is 0 Å². The van der Waals surface area contributed by atoms with Crippen molar-refractivity contribution in [3.63, 3.8) is 0 Å². The number of carbonyl (C=O) groups is 1. The number of carbonyl (C=O) groups excluding carboxylic acids is 1. The Morgan fingerprint density at radius 2 is 2.06 bits per heavy atom.